The minimum absolute atomic E-state index is 0.0199. The molecular formula is C22H23F4N5O5S. The number of carbonyl (C=O) groups is 1. The summed E-state index contributed by atoms with van der Waals surface area (Å²) in [5.41, 5.74) is 0.313. The zero-order valence-corrected chi connectivity index (χ0v) is 20.8. The minimum atomic E-state index is -4.66. The number of aryl methyl sites for hydroxylation is 2. The van der Waals surface area contributed by atoms with Gasteiger partial charge in [-0.25, -0.2) is 27.8 Å². The third-order valence-electron chi connectivity index (χ3n) is 6.04. The summed E-state index contributed by atoms with van der Waals surface area (Å²) in [7, 11) is -1.55. The van der Waals surface area contributed by atoms with E-state index in [1.165, 1.54) is 10.8 Å². The number of fused-ring (bicyclic) bond motifs is 1. The highest BCUT2D eigenvalue weighted by Gasteiger charge is 2.36. The van der Waals surface area contributed by atoms with Gasteiger partial charge in [-0.15, -0.1) is 0 Å². The number of hydrogen-bond acceptors (Lipinski definition) is 8. The van der Waals surface area contributed by atoms with E-state index in [-0.39, 0.29) is 41.6 Å². The van der Waals surface area contributed by atoms with Gasteiger partial charge in [-0.3, -0.25) is 4.79 Å². The lowest BCUT2D eigenvalue weighted by Gasteiger charge is -2.34. The zero-order chi connectivity index (χ0) is 27.2. The van der Waals surface area contributed by atoms with Crippen molar-refractivity contribution >= 4 is 26.9 Å². The van der Waals surface area contributed by atoms with Crippen molar-refractivity contribution in [1.82, 2.24) is 24.8 Å². The number of carbonyl (C=O) groups excluding carboxylic acids is 1. The molecule has 200 valence electrons. The van der Waals surface area contributed by atoms with E-state index < -0.39 is 51.5 Å². The van der Waals surface area contributed by atoms with Crippen LogP contribution < -0.4 is 14.8 Å². The van der Waals surface area contributed by atoms with Gasteiger partial charge in [0.25, 0.3) is 11.8 Å². The molecule has 4 heterocycles. The molecule has 0 spiro atoms. The molecule has 1 N–H and O–H groups in total. The van der Waals surface area contributed by atoms with Crippen LogP contribution in [0.1, 0.15) is 35.9 Å². The quantitative estimate of drug-likeness (QED) is 0.468. The molecule has 1 aliphatic heterocycles. The maximum Gasteiger partial charge on any atom is 0.422 e. The fraction of sp³-hybridized carbons (Fsp3) is 0.455. The van der Waals surface area contributed by atoms with Crippen molar-refractivity contribution in [1.29, 1.82) is 0 Å². The largest absolute Gasteiger partial charge is 0.478 e. The van der Waals surface area contributed by atoms with Crippen molar-refractivity contribution in [3.8, 4) is 17.4 Å². The molecule has 0 radical (unpaired) electrons. The first-order valence-electron chi connectivity index (χ1n) is 11.0. The topological polar surface area (TPSA) is 125 Å². The molecule has 0 atom stereocenters. The van der Waals surface area contributed by atoms with Crippen LogP contribution in [-0.4, -0.2) is 63.7 Å². The fourth-order valence-corrected chi connectivity index (χ4v) is 5.66. The van der Waals surface area contributed by atoms with Crippen LogP contribution in [0.2, 0.25) is 0 Å². The van der Waals surface area contributed by atoms with Gasteiger partial charge in [0.05, 0.1) is 29.4 Å². The van der Waals surface area contributed by atoms with Crippen LogP contribution in [0.25, 0.3) is 11.2 Å². The molecule has 10 nitrogen and oxygen atoms in total. The number of nitrogens with one attached hydrogen (secondary N) is 1. The Balaban J connectivity index is 1.61. The van der Waals surface area contributed by atoms with E-state index in [4.69, 9.17) is 4.74 Å². The standard InChI is InChI=1S/C22H23F4N5O5S/c1-12-15(36-20-14(8-13(23)9-28-20)35-11-22(24,25)26)10-27-17-16(12)31(3)18(29-17)19(32)30-21(2)4-6-37(33,34)7-5-21/h8-10H,4-7,11H2,1-3H3,(H,30,32). The second-order valence-corrected chi connectivity index (χ2v) is 11.3. The van der Waals surface area contributed by atoms with Gasteiger partial charge in [0.2, 0.25) is 5.82 Å². The maximum atomic E-state index is 13.6. The van der Waals surface area contributed by atoms with E-state index in [1.807, 2.05) is 0 Å². The first kappa shape index (κ1) is 26.6. The number of rotatable bonds is 6. The van der Waals surface area contributed by atoms with Crippen molar-refractivity contribution in [2.45, 2.75) is 38.4 Å². The average molecular weight is 546 g/mol. The first-order valence-corrected chi connectivity index (χ1v) is 12.9. The van der Waals surface area contributed by atoms with Gasteiger partial charge in [-0.05, 0) is 26.7 Å². The van der Waals surface area contributed by atoms with Gasteiger partial charge >= 0.3 is 6.18 Å². The minimum Gasteiger partial charge on any atom is -0.478 e. The molecule has 0 aromatic carbocycles. The summed E-state index contributed by atoms with van der Waals surface area (Å²) in [5, 5.41) is 2.86. The normalized spacial score (nSPS) is 16.9. The monoisotopic (exact) mass is 545 g/mol. The van der Waals surface area contributed by atoms with Crippen molar-refractivity contribution in [2.24, 2.45) is 7.05 Å². The lowest BCUT2D eigenvalue weighted by molar-refractivity contribution is -0.153. The molecule has 1 aliphatic rings. The molecule has 0 unspecified atom stereocenters. The molecule has 4 rings (SSSR count). The summed E-state index contributed by atoms with van der Waals surface area (Å²) in [4.78, 5) is 25.2. The Hall–Kier alpha value is -3.49. The van der Waals surface area contributed by atoms with Crippen LogP contribution in [0, 0.1) is 12.7 Å². The first-order chi connectivity index (χ1) is 17.2. The lowest BCUT2D eigenvalue weighted by atomic mass is 9.95. The number of amides is 1. The van der Waals surface area contributed by atoms with Crippen molar-refractivity contribution in [3.05, 3.63) is 35.7 Å². The van der Waals surface area contributed by atoms with E-state index in [9.17, 15) is 30.8 Å². The second-order valence-electron chi connectivity index (χ2n) is 9.04. The molecule has 1 amide bonds. The molecule has 1 fully saturated rings. The molecule has 15 heteroatoms. The summed E-state index contributed by atoms with van der Waals surface area (Å²) in [6.07, 6.45) is -2.11. The van der Waals surface area contributed by atoms with Crippen LogP contribution >= 0.6 is 0 Å². The van der Waals surface area contributed by atoms with Gasteiger partial charge in [0.15, 0.2) is 23.8 Å². The third kappa shape index (κ3) is 5.92. The summed E-state index contributed by atoms with van der Waals surface area (Å²) in [6, 6.07) is 0.721. The molecule has 3 aromatic heterocycles. The van der Waals surface area contributed by atoms with Crippen LogP contribution in [-0.2, 0) is 16.9 Å². The van der Waals surface area contributed by atoms with Gasteiger partial charge in [0.1, 0.15) is 15.7 Å². The lowest BCUT2D eigenvalue weighted by Crippen LogP contribution is -2.51. The number of ether oxygens (including phenoxy) is 2. The van der Waals surface area contributed by atoms with Crippen molar-refractivity contribution in [3.63, 3.8) is 0 Å². The third-order valence-corrected chi connectivity index (χ3v) is 7.69. The number of halogens is 4. The predicted molar refractivity (Wildman–Crippen MR) is 123 cm³/mol. The number of aromatic nitrogens is 4. The van der Waals surface area contributed by atoms with Crippen LogP contribution in [0.3, 0.4) is 0 Å². The highest BCUT2D eigenvalue weighted by molar-refractivity contribution is 7.91. The van der Waals surface area contributed by atoms with Crippen molar-refractivity contribution < 1.29 is 40.2 Å². The van der Waals surface area contributed by atoms with Crippen LogP contribution in [0.15, 0.2) is 18.5 Å². The summed E-state index contributed by atoms with van der Waals surface area (Å²) in [5.74, 6) is -2.36. The van der Waals surface area contributed by atoms with Gasteiger partial charge in [0, 0.05) is 24.2 Å². The predicted octanol–water partition coefficient (Wildman–Crippen LogP) is 3.24. The Morgan fingerprint density at radius 2 is 1.86 bits per heavy atom. The number of hydrogen-bond donors (Lipinski definition) is 1. The Morgan fingerprint density at radius 1 is 1.19 bits per heavy atom. The number of pyridine rings is 2. The molecule has 3 aromatic rings. The summed E-state index contributed by atoms with van der Waals surface area (Å²) < 4.78 is 86.6. The Kier molecular flexibility index (Phi) is 6.77. The van der Waals surface area contributed by atoms with E-state index >= 15 is 0 Å². The average Bonchev–Trinajstić information content (AvgIpc) is 3.14. The highest BCUT2D eigenvalue weighted by Crippen LogP contribution is 2.34. The van der Waals surface area contributed by atoms with E-state index in [0.29, 0.717) is 11.1 Å². The summed E-state index contributed by atoms with van der Waals surface area (Å²) >= 11 is 0. The summed E-state index contributed by atoms with van der Waals surface area (Å²) in [6.45, 7) is 1.72. The van der Waals surface area contributed by atoms with Crippen LogP contribution in [0.5, 0.6) is 17.4 Å². The van der Waals surface area contributed by atoms with Gasteiger partial charge < -0.3 is 19.4 Å². The van der Waals surface area contributed by atoms with E-state index in [1.54, 1.807) is 20.9 Å². The van der Waals surface area contributed by atoms with Gasteiger partial charge in [-0.1, -0.05) is 0 Å². The number of sulfone groups is 1. The maximum absolute atomic E-state index is 13.6. The van der Waals surface area contributed by atoms with Gasteiger partial charge in [-0.2, -0.15) is 13.2 Å². The molecule has 37 heavy (non-hydrogen) atoms. The SMILES string of the molecule is Cc1c(Oc2ncc(F)cc2OCC(F)(F)F)cnc2nc(C(=O)NC3(C)CCS(=O)(=O)CC3)n(C)c12. The Bertz CT molecular complexity index is 1460. The molecule has 0 bridgehead atoms. The zero-order valence-electron chi connectivity index (χ0n) is 20.0. The molecular weight excluding hydrogens is 522 g/mol. The molecule has 1 saturated heterocycles. The molecule has 0 aliphatic carbocycles. The van der Waals surface area contributed by atoms with Crippen molar-refractivity contribution in [2.75, 3.05) is 18.1 Å². The molecule has 0 saturated carbocycles. The fourth-order valence-electron chi connectivity index (χ4n) is 3.93. The highest BCUT2D eigenvalue weighted by atomic mass is 32.2. The Morgan fingerprint density at radius 3 is 2.51 bits per heavy atom. The van der Waals surface area contributed by atoms with E-state index in [2.05, 4.69) is 25.0 Å². The second kappa shape index (κ2) is 9.43. The number of alkyl halides is 3. The van der Waals surface area contributed by atoms with Crippen LogP contribution in [0.4, 0.5) is 17.6 Å². The Labute approximate surface area is 208 Å². The number of imidazole rings is 1. The van der Waals surface area contributed by atoms with E-state index in [0.717, 1.165) is 12.3 Å². The number of nitrogens with zero attached hydrogens (tertiary/aromatic N) is 4. The smallest absolute Gasteiger partial charge is 0.422 e.